The molecule has 0 aliphatic rings. The molecule has 0 amide bonds. The molecular weight excluding hydrogens is 352 g/mol. The van der Waals surface area contributed by atoms with Crippen molar-refractivity contribution in [2.75, 3.05) is 7.11 Å². The van der Waals surface area contributed by atoms with Crippen molar-refractivity contribution in [3.63, 3.8) is 0 Å². The Morgan fingerprint density at radius 3 is 1.71 bits per heavy atom. The van der Waals surface area contributed by atoms with Gasteiger partial charge in [-0.15, -0.1) is 0 Å². The summed E-state index contributed by atoms with van der Waals surface area (Å²) < 4.78 is 10.2. The summed E-state index contributed by atoms with van der Waals surface area (Å²) in [5, 5.41) is 0. The Morgan fingerprint density at radius 1 is 0.643 bits per heavy atom. The van der Waals surface area contributed by atoms with Crippen LogP contribution in [0.25, 0.3) is 11.1 Å². The fourth-order valence-electron chi connectivity index (χ4n) is 2.88. The number of benzene rings is 3. The van der Waals surface area contributed by atoms with Crippen molar-refractivity contribution in [3.05, 3.63) is 88.5 Å². The van der Waals surface area contributed by atoms with E-state index in [4.69, 9.17) is 4.74 Å². The highest BCUT2D eigenvalue weighted by molar-refractivity contribution is 5.94. The molecule has 0 spiro atoms. The first-order valence-corrected chi connectivity index (χ1v) is 8.98. The summed E-state index contributed by atoms with van der Waals surface area (Å²) in [6, 6.07) is 18.3. The van der Waals surface area contributed by atoms with Crippen LogP contribution in [0.15, 0.2) is 60.7 Å². The summed E-state index contributed by atoms with van der Waals surface area (Å²) in [6.45, 7) is 6.09. The van der Waals surface area contributed by atoms with Crippen LogP contribution in [-0.2, 0) is 4.74 Å². The molecule has 0 saturated carbocycles. The standard InChI is InChI=1S/C24H22O4/c1-15-5-6-20(13-16(15)2)21-11-12-22(17(3)14-21)28-24(26)19-9-7-18(8-10-19)23(25)27-4/h5-14H,1-4H3. The van der Waals surface area contributed by atoms with E-state index in [9.17, 15) is 9.59 Å². The van der Waals surface area contributed by atoms with E-state index in [1.54, 1.807) is 18.2 Å². The first-order chi connectivity index (χ1) is 13.4. The van der Waals surface area contributed by atoms with Gasteiger partial charge in [0.25, 0.3) is 0 Å². The Morgan fingerprint density at radius 2 is 1.18 bits per heavy atom. The van der Waals surface area contributed by atoms with Crippen molar-refractivity contribution >= 4 is 11.9 Å². The Balaban J connectivity index is 1.78. The molecular formula is C24H22O4. The molecule has 3 aromatic rings. The summed E-state index contributed by atoms with van der Waals surface area (Å²) in [5.41, 5.74) is 6.31. The summed E-state index contributed by atoms with van der Waals surface area (Å²) in [6.07, 6.45) is 0. The topological polar surface area (TPSA) is 52.6 Å². The van der Waals surface area contributed by atoms with Crippen LogP contribution in [-0.4, -0.2) is 19.0 Å². The second kappa shape index (κ2) is 8.09. The molecule has 0 unspecified atom stereocenters. The van der Waals surface area contributed by atoms with Gasteiger partial charge < -0.3 is 9.47 Å². The van der Waals surface area contributed by atoms with Crippen LogP contribution < -0.4 is 4.74 Å². The second-order valence-corrected chi connectivity index (χ2v) is 6.74. The van der Waals surface area contributed by atoms with Crippen LogP contribution in [0.4, 0.5) is 0 Å². The molecule has 3 rings (SSSR count). The van der Waals surface area contributed by atoms with E-state index in [-0.39, 0.29) is 0 Å². The molecule has 0 aliphatic carbocycles. The number of rotatable bonds is 4. The number of hydrogen-bond donors (Lipinski definition) is 0. The van der Waals surface area contributed by atoms with E-state index in [0.29, 0.717) is 16.9 Å². The normalized spacial score (nSPS) is 10.4. The molecule has 0 atom stereocenters. The molecule has 0 aliphatic heterocycles. The van der Waals surface area contributed by atoms with Gasteiger partial charge in [0.2, 0.25) is 0 Å². The minimum atomic E-state index is -0.474. The smallest absolute Gasteiger partial charge is 0.343 e. The maximum atomic E-state index is 12.4. The Bertz CT molecular complexity index is 1030. The number of carbonyl (C=O) groups excluding carboxylic acids is 2. The molecule has 0 fully saturated rings. The van der Waals surface area contributed by atoms with Gasteiger partial charge in [0, 0.05) is 0 Å². The average molecular weight is 374 g/mol. The van der Waals surface area contributed by atoms with Crippen molar-refractivity contribution in [2.45, 2.75) is 20.8 Å². The van der Waals surface area contributed by atoms with Crippen LogP contribution in [0.3, 0.4) is 0 Å². The lowest BCUT2D eigenvalue weighted by Crippen LogP contribution is -2.10. The average Bonchev–Trinajstić information content (AvgIpc) is 2.71. The fourth-order valence-corrected chi connectivity index (χ4v) is 2.88. The minimum absolute atomic E-state index is 0.366. The Hall–Kier alpha value is -3.40. The molecule has 0 heterocycles. The van der Waals surface area contributed by atoms with Crippen molar-refractivity contribution in [1.82, 2.24) is 0 Å². The van der Waals surface area contributed by atoms with E-state index in [0.717, 1.165) is 16.7 Å². The molecule has 0 N–H and O–H groups in total. The number of methoxy groups -OCH3 is 1. The summed E-state index contributed by atoms with van der Waals surface area (Å²) in [5.74, 6) is -0.411. The molecule has 0 aromatic heterocycles. The highest BCUT2D eigenvalue weighted by Crippen LogP contribution is 2.28. The predicted octanol–water partition coefficient (Wildman–Crippen LogP) is 5.28. The quantitative estimate of drug-likeness (QED) is 0.460. The molecule has 3 aromatic carbocycles. The van der Waals surface area contributed by atoms with E-state index in [2.05, 4.69) is 36.8 Å². The molecule has 4 heteroatoms. The van der Waals surface area contributed by atoms with Crippen LogP contribution in [0.2, 0.25) is 0 Å². The Labute approximate surface area is 164 Å². The lowest BCUT2D eigenvalue weighted by molar-refractivity contribution is 0.0599. The third-order valence-corrected chi connectivity index (χ3v) is 4.76. The van der Waals surface area contributed by atoms with Crippen LogP contribution in [0.5, 0.6) is 5.75 Å². The van der Waals surface area contributed by atoms with Crippen molar-refractivity contribution < 1.29 is 19.1 Å². The van der Waals surface area contributed by atoms with E-state index >= 15 is 0 Å². The van der Waals surface area contributed by atoms with Gasteiger partial charge in [-0.25, -0.2) is 9.59 Å². The third-order valence-electron chi connectivity index (χ3n) is 4.76. The zero-order valence-corrected chi connectivity index (χ0v) is 16.4. The van der Waals surface area contributed by atoms with Crippen LogP contribution in [0.1, 0.15) is 37.4 Å². The largest absolute Gasteiger partial charge is 0.465 e. The van der Waals surface area contributed by atoms with Gasteiger partial charge in [-0.05, 0) is 85.0 Å². The number of ether oxygens (including phenoxy) is 2. The summed E-state index contributed by atoms with van der Waals surface area (Å²) >= 11 is 0. The summed E-state index contributed by atoms with van der Waals surface area (Å²) in [4.78, 5) is 23.9. The highest BCUT2D eigenvalue weighted by Gasteiger charge is 2.13. The van der Waals surface area contributed by atoms with Crippen molar-refractivity contribution in [1.29, 1.82) is 0 Å². The van der Waals surface area contributed by atoms with Gasteiger partial charge in [-0.2, -0.15) is 0 Å². The molecule has 142 valence electrons. The van der Waals surface area contributed by atoms with E-state index < -0.39 is 11.9 Å². The Kier molecular flexibility index (Phi) is 5.59. The molecule has 28 heavy (non-hydrogen) atoms. The number of hydrogen-bond acceptors (Lipinski definition) is 4. The van der Waals surface area contributed by atoms with Crippen LogP contribution >= 0.6 is 0 Å². The van der Waals surface area contributed by atoms with Gasteiger partial charge in [0.15, 0.2) is 0 Å². The maximum Gasteiger partial charge on any atom is 0.343 e. The SMILES string of the molecule is COC(=O)c1ccc(C(=O)Oc2ccc(-c3ccc(C)c(C)c3)cc2C)cc1. The van der Waals surface area contributed by atoms with E-state index in [1.807, 2.05) is 19.1 Å². The number of esters is 2. The zero-order chi connectivity index (χ0) is 20.3. The lowest BCUT2D eigenvalue weighted by Gasteiger charge is -2.11. The second-order valence-electron chi connectivity index (χ2n) is 6.74. The maximum absolute atomic E-state index is 12.4. The minimum Gasteiger partial charge on any atom is -0.465 e. The third kappa shape index (κ3) is 4.12. The van der Waals surface area contributed by atoms with E-state index in [1.165, 1.54) is 30.4 Å². The first kappa shape index (κ1) is 19.4. The van der Waals surface area contributed by atoms with Crippen molar-refractivity contribution in [3.8, 4) is 16.9 Å². The fraction of sp³-hybridized carbons (Fsp3) is 0.167. The van der Waals surface area contributed by atoms with Gasteiger partial charge >= 0.3 is 11.9 Å². The monoisotopic (exact) mass is 374 g/mol. The molecule has 4 nitrogen and oxygen atoms in total. The zero-order valence-electron chi connectivity index (χ0n) is 16.4. The summed E-state index contributed by atoms with van der Waals surface area (Å²) in [7, 11) is 1.31. The molecule has 0 radical (unpaired) electrons. The van der Waals surface area contributed by atoms with Gasteiger partial charge in [0.1, 0.15) is 5.75 Å². The molecule has 0 saturated heterocycles. The number of carbonyl (C=O) groups is 2. The van der Waals surface area contributed by atoms with Crippen molar-refractivity contribution in [2.24, 2.45) is 0 Å². The molecule has 0 bridgehead atoms. The predicted molar refractivity (Wildman–Crippen MR) is 109 cm³/mol. The lowest BCUT2D eigenvalue weighted by atomic mass is 9.99. The number of aryl methyl sites for hydroxylation is 3. The van der Waals surface area contributed by atoms with Gasteiger partial charge in [-0.1, -0.05) is 24.3 Å². The first-order valence-electron chi connectivity index (χ1n) is 8.98. The van der Waals surface area contributed by atoms with Gasteiger partial charge in [-0.3, -0.25) is 0 Å². The van der Waals surface area contributed by atoms with Gasteiger partial charge in [0.05, 0.1) is 18.2 Å². The highest BCUT2D eigenvalue weighted by atomic mass is 16.5. The van der Waals surface area contributed by atoms with Crippen LogP contribution in [0, 0.1) is 20.8 Å².